The first kappa shape index (κ1) is 7.56. The van der Waals surface area contributed by atoms with Crippen molar-refractivity contribution in [1.29, 1.82) is 5.26 Å². The van der Waals surface area contributed by atoms with E-state index in [1.807, 2.05) is 30.3 Å². The van der Waals surface area contributed by atoms with Gasteiger partial charge in [-0.15, -0.1) is 0 Å². The number of rotatable bonds is 1. The van der Waals surface area contributed by atoms with Crippen molar-refractivity contribution in [3.05, 3.63) is 48.4 Å². The normalized spacial score (nSPS) is 9.82. The van der Waals surface area contributed by atoms with Crippen LogP contribution in [0.15, 0.2) is 30.3 Å². The Kier molecular flexibility index (Phi) is 2.46. The van der Waals surface area contributed by atoms with E-state index in [-0.39, 0.29) is 0 Å². The molecule has 0 unspecified atom stereocenters. The predicted molar refractivity (Wildman–Crippen MR) is 45.5 cm³/mol. The molecule has 0 aromatic heterocycles. The van der Waals surface area contributed by atoms with E-state index in [4.69, 9.17) is 5.26 Å². The molecule has 11 heavy (non-hydrogen) atoms. The highest BCUT2D eigenvalue weighted by Gasteiger charge is 1.84. The Morgan fingerprint density at radius 3 is 2.45 bits per heavy atom. The third-order valence-electron chi connectivity index (χ3n) is 1.33. The van der Waals surface area contributed by atoms with E-state index in [1.165, 1.54) is 6.08 Å². The first-order valence-corrected chi connectivity index (χ1v) is 3.31. The molecule has 1 aromatic carbocycles. The summed E-state index contributed by atoms with van der Waals surface area (Å²) in [5.74, 6) is 0. The average Bonchev–Trinajstić information content (AvgIpc) is 2.04. The molecule has 0 aliphatic heterocycles. The molecule has 0 N–H and O–H groups in total. The fraction of sp³-hybridized carbons (Fsp3) is 0. The summed E-state index contributed by atoms with van der Waals surface area (Å²) in [4.78, 5) is 0. The Bertz CT molecular complexity index is 288. The fourth-order valence-electron chi connectivity index (χ4n) is 0.762. The van der Waals surface area contributed by atoms with Crippen molar-refractivity contribution < 1.29 is 0 Å². The van der Waals surface area contributed by atoms with Crippen molar-refractivity contribution in [2.75, 3.05) is 0 Å². The summed E-state index contributed by atoms with van der Waals surface area (Å²) in [5, 5.41) is 8.23. The monoisotopic (exact) mass is 142 g/mol. The zero-order valence-electron chi connectivity index (χ0n) is 6.12. The highest BCUT2D eigenvalue weighted by Crippen LogP contribution is 2.04. The van der Waals surface area contributed by atoms with Crippen LogP contribution in [0.2, 0.25) is 0 Å². The lowest BCUT2D eigenvalue weighted by Gasteiger charge is -1.91. The number of allylic oxidation sites excluding steroid dienone is 1. The number of benzene rings is 1. The van der Waals surface area contributed by atoms with Crippen molar-refractivity contribution in [1.82, 2.24) is 0 Å². The Morgan fingerprint density at radius 2 is 1.91 bits per heavy atom. The van der Waals surface area contributed by atoms with Crippen LogP contribution in [0, 0.1) is 18.3 Å². The standard InChI is InChI=1S/C10H8N/c1-9-4-6-10(7-5-9)3-2-8-11/h2-7H,1H2/b3-2+. The smallest absolute Gasteiger partial charge is 0.0912 e. The van der Waals surface area contributed by atoms with Gasteiger partial charge in [0.15, 0.2) is 0 Å². The van der Waals surface area contributed by atoms with Gasteiger partial charge in [-0.25, -0.2) is 0 Å². The van der Waals surface area contributed by atoms with Crippen LogP contribution in [0.4, 0.5) is 0 Å². The van der Waals surface area contributed by atoms with Gasteiger partial charge in [-0.3, -0.25) is 0 Å². The Morgan fingerprint density at radius 1 is 1.27 bits per heavy atom. The number of hydrogen-bond acceptors (Lipinski definition) is 1. The average molecular weight is 142 g/mol. The Labute approximate surface area is 66.6 Å². The lowest BCUT2D eigenvalue weighted by molar-refractivity contribution is 1.53. The summed E-state index contributed by atoms with van der Waals surface area (Å²) in [6.45, 7) is 3.75. The molecule has 0 atom stereocenters. The van der Waals surface area contributed by atoms with E-state index in [2.05, 4.69) is 6.92 Å². The van der Waals surface area contributed by atoms with E-state index >= 15 is 0 Å². The first-order valence-electron chi connectivity index (χ1n) is 3.31. The molecule has 0 aliphatic rings. The lowest BCUT2D eigenvalue weighted by Crippen LogP contribution is -1.72. The fourth-order valence-corrected chi connectivity index (χ4v) is 0.762. The van der Waals surface area contributed by atoms with Crippen molar-refractivity contribution in [3.8, 4) is 6.07 Å². The number of nitrogens with zero attached hydrogens (tertiary/aromatic N) is 1. The van der Waals surface area contributed by atoms with Gasteiger partial charge in [-0.1, -0.05) is 24.3 Å². The van der Waals surface area contributed by atoms with Crippen molar-refractivity contribution in [2.45, 2.75) is 0 Å². The van der Waals surface area contributed by atoms with Crippen molar-refractivity contribution >= 4 is 6.08 Å². The van der Waals surface area contributed by atoms with E-state index in [9.17, 15) is 0 Å². The van der Waals surface area contributed by atoms with Crippen LogP contribution >= 0.6 is 0 Å². The molecule has 1 radical (unpaired) electrons. The van der Waals surface area contributed by atoms with E-state index in [0.29, 0.717) is 0 Å². The molecule has 0 spiro atoms. The molecular formula is C10H8N. The Balaban J connectivity index is 2.84. The summed E-state index contributed by atoms with van der Waals surface area (Å²) in [6, 6.07) is 9.62. The maximum atomic E-state index is 8.23. The largest absolute Gasteiger partial charge is 0.193 e. The van der Waals surface area contributed by atoms with E-state index in [1.54, 1.807) is 6.08 Å². The molecule has 0 bridgehead atoms. The maximum absolute atomic E-state index is 8.23. The van der Waals surface area contributed by atoms with Gasteiger partial charge < -0.3 is 0 Å². The second-order valence-electron chi connectivity index (χ2n) is 2.20. The summed E-state index contributed by atoms with van der Waals surface area (Å²) in [5.41, 5.74) is 2.01. The van der Waals surface area contributed by atoms with Crippen LogP contribution in [0.25, 0.3) is 6.08 Å². The van der Waals surface area contributed by atoms with Crippen LogP contribution < -0.4 is 0 Å². The molecule has 1 nitrogen and oxygen atoms in total. The minimum absolute atomic E-state index is 0.985. The highest BCUT2D eigenvalue weighted by atomic mass is 14.2. The zero-order valence-corrected chi connectivity index (χ0v) is 6.12. The summed E-state index contributed by atoms with van der Waals surface area (Å²) in [7, 11) is 0. The SMILES string of the molecule is [CH2]c1ccc(/C=C/C#N)cc1. The Hall–Kier alpha value is -1.55. The van der Waals surface area contributed by atoms with Gasteiger partial charge in [-0.2, -0.15) is 5.26 Å². The van der Waals surface area contributed by atoms with Gasteiger partial charge in [0, 0.05) is 6.08 Å². The summed E-state index contributed by atoms with van der Waals surface area (Å²) in [6.07, 6.45) is 3.22. The van der Waals surface area contributed by atoms with Gasteiger partial charge in [0.1, 0.15) is 0 Å². The number of nitriles is 1. The van der Waals surface area contributed by atoms with Crippen LogP contribution in [-0.2, 0) is 0 Å². The zero-order chi connectivity index (χ0) is 8.10. The topological polar surface area (TPSA) is 23.8 Å². The second kappa shape index (κ2) is 3.58. The van der Waals surface area contributed by atoms with Crippen molar-refractivity contribution in [3.63, 3.8) is 0 Å². The molecule has 0 aliphatic carbocycles. The molecule has 0 amide bonds. The molecule has 0 heterocycles. The van der Waals surface area contributed by atoms with Crippen LogP contribution in [0.5, 0.6) is 0 Å². The molecule has 0 fully saturated rings. The van der Waals surface area contributed by atoms with Crippen LogP contribution in [0.3, 0.4) is 0 Å². The minimum Gasteiger partial charge on any atom is -0.193 e. The minimum atomic E-state index is 0.985. The molecular weight excluding hydrogens is 134 g/mol. The molecule has 0 saturated carbocycles. The molecule has 1 rings (SSSR count). The van der Waals surface area contributed by atoms with E-state index < -0.39 is 0 Å². The highest BCUT2D eigenvalue weighted by molar-refractivity contribution is 5.52. The maximum Gasteiger partial charge on any atom is 0.0912 e. The van der Waals surface area contributed by atoms with Gasteiger partial charge in [-0.05, 0) is 24.1 Å². The van der Waals surface area contributed by atoms with Gasteiger partial charge >= 0.3 is 0 Å². The van der Waals surface area contributed by atoms with Gasteiger partial charge in [0.25, 0.3) is 0 Å². The molecule has 1 aromatic rings. The molecule has 0 saturated heterocycles. The van der Waals surface area contributed by atoms with Crippen LogP contribution in [-0.4, -0.2) is 0 Å². The van der Waals surface area contributed by atoms with E-state index in [0.717, 1.165) is 11.1 Å². The number of hydrogen-bond donors (Lipinski definition) is 0. The van der Waals surface area contributed by atoms with Gasteiger partial charge in [0.05, 0.1) is 6.07 Å². The second-order valence-corrected chi connectivity index (χ2v) is 2.20. The third kappa shape index (κ3) is 2.27. The first-order chi connectivity index (χ1) is 5.33. The summed E-state index contributed by atoms with van der Waals surface area (Å²) < 4.78 is 0. The molecule has 53 valence electrons. The summed E-state index contributed by atoms with van der Waals surface area (Å²) >= 11 is 0. The third-order valence-corrected chi connectivity index (χ3v) is 1.33. The van der Waals surface area contributed by atoms with Crippen LogP contribution in [0.1, 0.15) is 11.1 Å². The lowest BCUT2D eigenvalue weighted by atomic mass is 10.1. The van der Waals surface area contributed by atoms with Crippen molar-refractivity contribution in [2.24, 2.45) is 0 Å². The quantitative estimate of drug-likeness (QED) is 0.552. The van der Waals surface area contributed by atoms with Gasteiger partial charge in [0.2, 0.25) is 0 Å². The predicted octanol–water partition coefficient (Wildman–Crippen LogP) is 2.41. The molecule has 1 heteroatoms.